The highest BCUT2D eigenvalue weighted by molar-refractivity contribution is 7.89. The lowest BCUT2D eigenvalue weighted by Crippen LogP contribution is -2.53. The molecule has 1 atom stereocenters. The number of aryl methyl sites for hydroxylation is 1. The number of halogens is 4. The van der Waals surface area contributed by atoms with E-state index in [1.807, 2.05) is 0 Å². The van der Waals surface area contributed by atoms with Crippen LogP contribution in [0.1, 0.15) is 33.9 Å². The SMILES string of the molecule is Cn1cc(S(=O)(=O)N2CCC3=Cc4c(cnn4-c4ccc(F)cc4)CC3(C(=O)c3ccccn3)C2)c(C(F)(F)F)n1. The average Bonchev–Trinajstić information content (AvgIpc) is 3.55. The van der Waals surface area contributed by atoms with Crippen molar-refractivity contribution in [2.75, 3.05) is 13.1 Å². The van der Waals surface area contributed by atoms with Crippen LogP contribution in [0, 0.1) is 11.2 Å². The van der Waals surface area contributed by atoms with Gasteiger partial charge < -0.3 is 0 Å². The van der Waals surface area contributed by atoms with Gasteiger partial charge in [-0.3, -0.25) is 14.5 Å². The Kier molecular flexibility index (Phi) is 6.23. The van der Waals surface area contributed by atoms with Crippen LogP contribution >= 0.6 is 0 Å². The normalized spacial score (nSPS) is 19.4. The van der Waals surface area contributed by atoms with E-state index in [1.54, 1.807) is 41.2 Å². The Morgan fingerprint density at radius 1 is 1.10 bits per heavy atom. The van der Waals surface area contributed by atoms with Gasteiger partial charge in [0, 0.05) is 32.5 Å². The van der Waals surface area contributed by atoms with E-state index in [1.165, 1.54) is 31.4 Å². The molecule has 0 amide bonds. The highest BCUT2D eigenvalue weighted by atomic mass is 32.2. The van der Waals surface area contributed by atoms with Gasteiger partial charge in [0.1, 0.15) is 16.4 Å². The largest absolute Gasteiger partial charge is 0.436 e. The zero-order valence-electron chi connectivity index (χ0n) is 21.5. The third-order valence-electron chi connectivity index (χ3n) is 7.47. The zero-order chi connectivity index (χ0) is 29.2. The second-order valence-electron chi connectivity index (χ2n) is 10.0. The maximum atomic E-state index is 14.1. The first kappa shape index (κ1) is 27.0. The van der Waals surface area contributed by atoms with Crippen molar-refractivity contribution in [3.63, 3.8) is 0 Å². The van der Waals surface area contributed by atoms with Crippen molar-refractivity contribution >= 4 is 21.9 Å². The van der Waals surface area contributed by atoms with Gasteiger partial charge in [-0.1, -0.05) is 11.6 Å². The molecule has 0 bridgehead atoms. The van der Waals surface area contributed by atoms with Crippen LogP contribution in [0.25, 0.3) is 11.8 Å². The number of carbonyl (C=O) groups excluding carboxylic acids is 1. The summed E-state index contributed by atoms with van der Waals surface area (Å²) in [6.07, 6.45) is 0.699. The van der Waals surface area contributed by atoms with Crippen molar-refractivity contribution in [3.8, 4) is 5.69 Å². The molecule has 212 valence electrons. The van der Waals surface area contributed by atoms with Crippen LogP contribution in [-0.2, 0) is 29.7 Å². The second-order valence-corrected chi connectivity index (χ2v) is 11.9. The molecule has 1 aliphatic heterocycles. The highest BCUT2D eigenvalue weighted by Gasteiger charge is 2.52. The number of ketones is 1. The van der Waals surface area contributed by atoms with Crippen LogP contribution in [0.4, 0.5) is 17.6 Å². The number of hydrogen-bond acceptors (Lipinski definition) is 6. The second kappa shape index (κ2) is 9.45. The Balaban J connectivity index is 1.46. The lowest BCUT2D eigenvalue weighted by Gasteiger charge is -2.44. The van der Waals surface area contributed by atoms with E-state index >= 15 is 0 Å². The maximum Gasteiger partial charge on any atom is 0.436 e. The van der Waals surface area contributed by atoms with Crippen LogP contribution in [0.5, 0.6) is 0 Å². The minimum Gasteiger partial charge on any atom is -0.291 e. The lowest BCUT2D eigenvalue weighted by molar-refractivity contribution is -0.143. The smallest absolute Gasteiger partial charge is 0.291 e. The molecule has 1 aromatic carbocycles. The van der Waals surface area contributed by atoms with Crippen molar-refractivity contribution in [1.82, 2.24) is 28.9 Å². The fourth-order valence-electron chi connectivity index (χ4n) is 5.54. The number of hydrogen-bond donors (Lipinski definition) is 0. The predicted molar refractivity (Wildman–Crippen MR) is 138 cm³/mol. The summed E-state index contributed by atoms with van der Waals surface area (Å²) in [6.45, 7) is -0.554. The van der Waals surface area contributed by atoms with E-state index in [9.17, 15) is 30.8 Å². The van der Waals surface area contributed by atoms with Gasteiger partial charge in [0.25, 0.3) is 0 Å². The number of Topliss-reactive ketones (excluding diaryl/α,β-unsaturated/α-hetero) is 1. The zero-order valence-corrected chi connectivity index (χ0v) is 22.3. The number of fused-ring (bicyclic) bond motifs is 2. The number of aromatic nitrogens is 5. The van der Waals surface area contributed by atoms with Gasteiger partial charge >= 0.3 is 6.18 Å². The van der Waals surface area contributed by atoms with E-state index in [4.69, 9.17) is 0 Å². The number of benzene rings is 1. The maximum absolute atomic E-state index is 14.1. The number of sulfonamides is 1. The third kappa shape index (κ3) is 4.47. The molecule has 14 heteroatoms. The van der Waals surface area contributed by atoms with E-state index in [-0.39, 0.29) is 25.1 Å². The standard InChI is InChI=1S/C27H22F4N6O3S/c1-35-15-23(24(34-35)27(29,30)31)41(39,40)36-11-9-18-12-22-17(14-33-37(22)20-7-5-19(28)6-8-20)13-26(18,16-36)25(38)21-4-2-3-10-32-21/h2-8,10,12,14-15H,9,11,13,16H2,1H3. The molecule has 41 heavy (non-hydrogen) atoms. The summed E-state index contributed by atoms with van der Waals surface area (Å²) in [5.74, 6) is -0.865. The minimum atomic E-state index is -5.00. The molecule has 1 unspecified atom stereocenters. The van der Waals surface area contributed by atoms with Crippen molar-refractivity contribution < 1.29 is 30.8 Å². The molecule has 4 aromatic rings. The molecule has 1 saturated heterocycles. The molecule has 2 aliphatic rings. The molecule has 1 fully saturated rings. The van der Waals surface area contributed by atoms with Crippen LogP contribution in [0.2, 0.25) is 0 Å². The average molecular weight is 587 g/mol. The molecule has 0 saturated carbocycles. The molecule has 3 aromatic heterocycles. The number of piperidine rings is 1. The molecule has 0 spiro atoms. The molecule has 0 radical (unpaired) electrons. The quantitative estimate of drug-likeness (QED) is 0.258. The fourth-order valence-corrected chi connectivity index (χ4v) is 7.23. The summed E-state index contributed by atoms with van der Waals surface area (Å²) in [5, 5.41) is 7.78. The summed E-state index contributed by atoms with van der Waals surface area (Å²) >= 11 is 0. The Hall–Kier alpha value is -4.17. The van der Waals surface area contributed by atoms with Gasteiger partial charge in [-0.15, -0.1) is 0 Å². The van der Waals surface area contributed by atoms with Gasteiger partial charge in [-0.2, -0.15) is 27.7 Å². The number of nitrogens with zero attached hydrogens (tertiary/aromatic N) is 6. The first-order valence-corrected chi connectivity index (χ1v) is 13.9. The molecule has 9 nitrogen and oxygen atoms in total. The first-order valence-electron chi connectivity index (χ1n) is 12.5. The molecular weight excluding hydrogens is 564 g/mol. The topological polar surface area (TPSA) is 103 Å². The van der Waals surface area contributed by atoms with Crippen molar-refractivity contribution in [3.05, 3.63) is 95.1 Å². The Bertz CT molecular complexity index is 1800. The van der Waals surface area contributed by atoms with Gasteiger partial charge in [0.05, 0.1) is 23.0 Å². The summed E-state index contributed by atoms with van der Waals surface area (Å²) < 4.78 is 85.4. The van der Waals surface area contributed by atoms with Gasteiger partial charge in [-0.25, -0.2) is 17.5 Å². The molecule has 0 N–H and O–H groups in total. The molecule has 6 rings (SSSR count). The predicted octanol–water partition coefficient (Wildman–Crippen LogP) is 4.06. The molecule has 4 heterocycles. The number of rotatable bonds is 5. The number of pyridine rings is 1. The van der Waals surface area contributed by atoms with Gasteiger partial charge in [0.15, 0.2) is 11.5 Å². The summed E-state index contributed by atoms with van der Waals surface area (Å²) in [7, 11) is -3.50. The molecule has 1 aliphatic carbocycles. The van der Waals surface area contributed by atoms with Crippen LogP contribution in [0.15, 0.2) is 71.5 Å². The van der Waals surface area contributed by atoms with E-state index in [0.717, 1.165) is 15.2 Å². The Morgan fingerprint density at radius 2 is 1.85 bits per heavy atom. The molecular formula is C27H22F4N6O3S. The first-order chi connectivity index (χ1) is 19.4. The Labute approximate surface area is 231 Å². The summed E-state index contributed by atoms with van der Waals surface area (Å²) in [4.78, 5) is 17.3. The van der Waals surface area contributed by atoms with E-state index < -0.39 is 50.3 Å². The highest BCUT2D eigenvalue weighted by Crippen LogP contribution is 2.47. The van der Waals surface area contributed by atoms with Crippen LogP contribution in [0.3, 0.4) is 0 Å². The summed E-state index contributed by atoms with van der Waals surface area (Å²) in [5.41, 5.74) is -0.382. The fraction of sp³-hybridized carbons (Fsp3) is 0.259. The number of carbonyl (C=O) groups is 1. The van der Waals surface area contributed by atoms with Crippen LogP contribution in [-0.4, -0.2) is 56.1 Å². The van der Waals surface area contributed by atoms with E-state index in [2.05, 4.69) is 15.2 Å². The number of alkyl halides is 3. The van der Waals surface area contributed by atoms with Crippen LogP contribution < -0.4 is 0 Å². The lowest BCUT2D eigenvalue weighted by atomic mass is 9.65. The van der Waals surface area contributed by atoms with E-state index in [0.29, 0.717) is 22.5 Å². The van der Waals surface area contributed by atoms with Crippen molar-refractivity contribution in [2.45, 2.75) is 23.9 Å². The van der Waals surface area contributed by atoms with Gasteiger partial charge in [0.2, 0.25) is 10.0 Å². The van der Waals surface area contributed by atoms with Crippen molar-refractivity contribution in [2.24, 2.45) is 12.5 Å². The van der Waals surface area contributed by atoms with Gasteiger partial charge in [-0.05, 0) is 60.9 Å². The summed E-state index contributed by atoms with van der Waals surface area (Å²) in [6, 6.07) is 10.5. The Morgan fingerprint density at radius 3 is 2.54 bits per heavy atom. The minimum absolute atomic E-state index is 0.0377. The monoisotopic (exact) mass is 586 g/mol. The van der Waals surface area contributed by atoms with Crippen molar-refractivity contribution in [1.29, 1.82) is 0 Å². The third-order valence-corrected chi connectivity index (χ3v) is 9.31.